The van der Waals surface area contributed by atoms with Crippen molar-refractivity contribution in [3.05, 3.63) is 51.2 Å². The Kier molecular flexibility index (Phi) is 8.28. The molecule has 0 bridgehead atoms. The average Bonchev–Trinajstić information content (AvgIpc) is 3.08. The third kappa shape index (κ3) is 6.92. The number of rotatable bonds is 11. The Hall–Kier alpha value is -1.41. The van der Waals surface area contributed by atoms with Crippen LogP contribution in [0.25, 0.3) is 0 Å². The van der Waals surface area contributed by atoms with Gasteiger partial charge in [0, 0.05) is 14.8 Å². The van der Waals surface area contributed by atoms with Gasteiger partial charge in [-0.25, -0.2) is 13.1 Å². The van der Waals surface area contributed by atoms with E-state index >= 15 is 0 Å². The number of unbranched alkanes of at least 4 members (excludes halogenated alkanes) is 2. The molecule has 0 spiro atoms. The second-order valence-electron chi connectivity index (χ2n) is 6.32. The fourth-order valence-corrected chi connectivity index (χ4v) is 5.22. The molecule has 0 fully saturated rings. The molecule has 27 heavy (non-hydrogen) atoms. The molecule has 0 amide bonds. The summed E-state index contributed by atoms with van der Waals surface area (Å²) in [6.45, 7) is 2.10. The van der Waals surface area contributed by atoms with Gasteiger partial charge in [-0.1, -0.05) is 37.8 Å². The summed E-state index contributed by atoms with van der Waals surface area (Å²) in [4.78, 5) is 12.8. The van der Waals surface area contributed by atoms with Crippen molar-refractivity contribution in [2.45, 2.75) is 56.4 Å². The highest BCUT2D eigenvalue weighted by Crippen LogP contribution is 2.30. The zero-order valence-corrected chi connectivity index (χ0v) is 17.5. The van der Waals surface area contributed by atoms with Crippen molar-refractivity contribution in [1.82, 2.24) is 4.72 Å². The molecule has 1 unspecified atom stereocenters. The van der Waals surface area contributed by atoms with Crippen LogP contribution in [-0.2, 0) is 21.2 Å². The van der Waals surface area contributed by atoms with Gasteiger partial charge in [-0.15, -0.1) is 11.3 Å². The normalized spacial score (nSPS) is 12.8. The van der Waals surface area contributed by atoms with Crippen LogP contribution in [0.1, 0.15) is 54.8 Å². The van der Waals surface area contributed by atoms with Crippen LogP contribution in [0, 0.1) is 0 Å². The largest absolute Gasteiger partial charge is 0.481 e. The van der Waals surface area contributed by atoms with Gasteiger partial charge in [-0.05, 0) is 49.2 Å². The van der Waals surface area contributed by atoms with Crippen molar-refractivity contribution < 1.29 is 18.3 Å². The molecule has 1 aromatic carbocycles. The number of hydrogen-bond donors (Lipinski definition) is 2. The first-order valence-electron chi connectivity index (χ1n) is 8.90. The van der Waals surface area contributed by atoms with E-state index in [0.29, 0.717) is 17.9 Å². The first kappa shape index (κ1) is 21.9. The molecule has 0 aliphatic heterocycles. The molecule has 2 rings (SSSR count). The predicted octanol–water partition coefficient (Wildman–Crippen LogP) is 5.02. The number of carboxylic acids is 1. The number of aliphatic carboxylic acids is 1. The van der Waals surface area contributed by atoms with E-state index in [9.17, 15) is 13.2 Å². The molecule has 0 radical (unpaired) electrons. The highest BCUT2D eigenvalue weighted by Gasteiger charge is 2.22. The van der Waals surface area contributed by atoms with Gasteiger partial charge in [-0.3, -0.25) is 4.79 Å². The molecule has 0 saturated heterocycles. The number of aryl methyl sites for hydroxylation is 1. The summed E-state index contributed by atoms with van der Waals surface area (Å²) < 4.78 is 28.3. The lowest BCUT2D eigenvalue weighted by molar-refractivity contribution is -0.136. The van der Waals surface area contributed by atoms with Crippen LogP contribution < -0.4 is 4.72 Å². The number of benzene rings is 1. The van der Waals surface area contributed by atoms with Crippen LogP contribution in [0.3, 0.4) is 0 Å². The van der Waals surface area contributed by atoms with Crippen molar-refractivity contribution in [2.75, 3.05) is 0 Å². The standard InChI is InChI=1S/C19H24ClNO4S2/c1-2-3-4-5-17(18-12-8-15(26-18)9-13-19(22)23)21-27(24,25)16-10-6-14(20)7-11-16/h6-8,10-12,17,21H,2-5,9,13H2,1H3,(H,22,23). The number of carbonyl (C=O) groups is 1. The van der Waals surface area contributed by atoms with Crippen molar-refractivity contribution in [1.29, 1.82) is 0 Å². The van der Waals surface area contributed by atoms with E-state index in [0.717, 1.165) is 29.0 Å². The number of sulfonamides is 1. The number of nitrogens with one attached hydrogen (secondary N) is 1. The Balaban J connectivity index is 2.18. The second-order valence-corrected chi connectivity index (χ2v) is 9.67. The van der Waals surface area contributed by atoms with Gasteiger partial charge in [0.15, 0.2) is 0 Å². The van der Waals surface area contributed by atoms with Crippen LogP contribution in [-0.4, -0.2) is 19.5 Å². The Morgan fingerprint density at radius 2 is 1.89 bits per heavy atom. The minimum atomic E-state index is -3.67. The molecule has 1 heterocycles. The van der Waals surface area contributed by atoms with Gasteiger partial charge >= 0.3 is 5.97 Å². The highest BCUT2D eigenvalue weighted by atomic mass is 35.5. The van der Waals surface area contributed by atoms with E-state index in [1.807, 2.05) is 12.1 Å². The summed E-state index contributed by atoms with van der Waals surface area (Å²) in [6, 6.07) is 9.52. The number of halogens is 1. The maximum absolute atomic E-state index is 12.8. The van der Waals surface area contributed by atoms with Crippen LogP contribution in [0.15, 0.2) is 41.3 Å². The lowest BCUT2D eigenvalue weighted by Crippen LogP contribution is -2.28. The molecule has 0 aliphatic carbocycles. The minimum absolute atomic E-state index is 0.0664. The number of thiophene rings is 1. The van der Waals surface area contributed by atoms with Crippen LogP contribution in [0.4, 0.5) is 0 Å². The Morgan fingerprint density at radius 3 is 2.52 bits per heavy atom. The van der Waals surface area contributed by atoms with Crippen LogP contribution in [0.5, 0.6) is 0 Å². The summed E-state index contributed by atoms with van der Waals surface area (Å²) in [5.41, 5.74) is 0. The van der Waals surface area contributed by atoms with Crippen LogP contribution in [0.2, 0.25) is 5.02 Å². The first-order valence-corrected chi connectivity index (χ1v) is 11.6. The zero-order valence-electron chi connectivity index (χ0n) is 15.2. The van der Waals surface area contributed by atoms with E-state index in [1.165, 1.54) is 23.5 Å². The van der Waals surface area contributed by atoms with E-state index in [2.05, 4.69) is 11.6 Å². The Bertz CT molecular complexity index is 847. The fraction of sp³-hybridized carbons (Fsp3) is 0.421. The van der Waals surface area contributed by atoms with E-state index in [1.54, 1.807) is 12.1 Å². The predicted molar refractivity (Wildman–Crippen MR) is 109 cm³/mol. The summed E-state index contributed by atoms with van der Waals surface area (Å²) in [6.07, 6.45) is 4.19. The van der Waals surface area contributed by atoms with Gasteiger partial charge in [0.2, 0.25) is 10.0 Å². The smallest absolute Gasteiger partial charge is 0.303 e. The van der Waals surface area contributed by atoms with Crippen molar-refractivity contribution >= 4 is 38.9 Å². The summed E-state index contributed by atoms with van der Waals surface area (Å²) in [7, 11) is -3.67. The van der Waals surface area contributed by atoms with E-state index in [4.69, 9.17) is 16.7 Å². The Morgan fingerprint density at radius 1 is 1.19 bits per heavy atom. The maximum Gasteiger partial charge on any atom is 0.303 e. The van der Waals surface area contributed by atoms with Gasteiger partial charge < -0.3 is 5.11 Å². The lowest BCUT2D eigenvalue weighted by Gasteiger charge is -2.18. The molecular formula is C19H24ClNO4S2. The molecular weight excluding hydrogens is 406 g/mol. The van der Waals surface area contributed by atoms with Crippen molar-refractivity contribution in [3.8, 4) is 0 Å². The van der Waals surface area contributed by atoms with Gasteiger partial charge in [0.05, 0.1) is 17.4 Å². The molecule has 148 valence electrons. The maximum atomic E-state index is 12.8. The van der Waals surface area contributed by atoms with E-state index in [-0.39, 0.29) is 17.4 Å². The molecule has 0 aliphatic rings. The summed E-state index contributed by atoms with van der Waals surface area (Å²) >= 11 is 7.32. The molecule has 8 heteroatoms. The third-order valence-corrected chi connectivity index (χ3v) is 7.13. The molecule has 1 aromatic heterocycles. The van der Waals surface area contributed by atoms with Gasteiger partial charge in [0.1, 0.15) is 0 Å². The molecule has 2 aromatic rings. The summed E-state index contributed by atoms with van der Waals surface area (Å²) in [5.74, 6) is -0.840. The fourth-order valence-electron chi connectivity index (χ4n) is 2.67. The lowest BCUT2D eigenvalue weighted by atomic mass is 10.1. The summed E-state index contributed by atoms with van der Waals surface area (Å²) in [5, 5.41) is 9.32. The number of hydrogen-bond acceptors (Lipinski definition) is 4. The topological polar surface area (TPSA) is 83.5 Å². The SMILES string of the molecule is CCCCCC(NS(=O)(=O)c1ccc(Cl)cc1)c1ccc(CCC(=O)O)s1. The zero-order chi connectivity index (χ0) is 19.9. The monoisotopic (exact) mass is 429 g/mol. The van der Waals surface area contributed by atoms with Crippen LogP contribution >= 0.6 is 22.9 Å². The minimum Gasteiger partial charge on any atom is -0.481 e. The molecule has 1 atom stereocenters. The molecule has 5 nitrogen and oxygen atoms in total. The van der Waals surface area contributed by atoms with Crippen molar-refractivity contribution in [2.24, 2.45) is 0 Å². The highest BCUT2D eigenvalue weighted by molar-refractivity contribution is 7.89. The van der Waals surface area contributed by atoms with Crippen molar-refractivity contribution in [3.63, 3.8) is 0 Å². The van der Waals surface area contributed by atoms with Gasteiger partial charge in [0.25, 0.3) is 0 Å². The molecule has 2 N–H and O–H groups in total. The molecule has 0 saturated carbocycles. The number of carboxylic acid groups (broad SMARTS) is 1. The van der Waals surface area contributed by atoms with E-state index < -0.39 is 16.0 Å². The Labute approximate surface area is 169 Å². The van der Waals surface area contributed by atoms with Gasteiger partial charge in [-0.2, -0.15) is 0 Å². The first-order chi connectivity index (χ1) is 12.8. The average molecular weight is 430 g/mol. The second kappa shape index (κ2) is 10.2. The third-order valence-electron chi connectivity index (χ3n) is 4.13. The quantitative estimate of drug-likeness (QED) is 0.491.